The number of hydrogen-bond acceptors (Lipinski definition) is 14. The van der Waals surface area contributed by atoms with Gasteiger partial charge in [-0.15, -0.1) is 0 Å². The van der Waals surface area contributed by atoms with E-state index in [0.29, 0.717) is 11.1 Å². The summed E-state index contributed by atoms with van der Waals surface area (Å²) in [6.07, 6.45) is -9.98. The molecule has 0 unspecified atom stereocenters. The first-order chi connectivity index (χ1) is 24.8. The van der Waals surface area contributed by atoms with Crippen LogP contribution >= 0.6 is 0 Å². The van der Waals surface area contributed by atoms with Gasteiger partial charge in [-0.3, -0.25) is 16.7 Å². The molecule has 0 bridgehead atoms. The van der Waals surface area contributed by atoms with Crippen LogP contribution in [0.25, 0.3) is 0 Å². The van der Waals surface area contributed by atoms with E-state index in [2.05, 4.69) is 0 Å². The number of methoxy groups -OCH3 is 1. The number of hydrogen-bond donors (Lipinski definition) is 0. The molecule has 1 saturated heterocycles. The van der Waals surface area contributed by atoms with Crippen molar-refractivity contribution in [3.8, 4) is 0 Å². The molecule has 0 saturated carbocycles. The lowest BCUT2D eigenvalue weighted by Crippen LogP contribution is -2.62. The molecule has 1 aliphatic rings. The number of benzene rings is 4. The molecule has 0 N–H and O–H groups in total. The molecule has 1 heterocycles. The molecule has 0 amide bonds. The maximum atomic E-state index is 13.8. The van der Waals surface area contributed by atoms with Crippen molar-refractivity contribution in [1.29, 1.82) is 0 Å². The molecule has 4 aromatic rings. The fourth-order valence-electron chi connectivity index (χ4n) is 5.18. The minimum Gasteiger partial charge on any atom is -0.353 e. The fraction of sp³-hybridized carbons (Fsp3) is 0.314. The van der Waals surface area contributed by atoms with E-state index in [4.69, 9.17) is 26.2 Å². The van der Waals surface area contributed by atoms with Gasteiger partial charge in [0, 0.05) is 7.11 Å². The number of rotatable bonds is 14. The standard InChI is InChI=1S/C35H38O14S4/c1-23-6-14-27(15-7-23)50(36,37)45-22-31-32(47-51(38,39)28-16-8-24(2)9-17-28)33(48-52(40,41)29-18-10-25(3)11-19-29)34(35(44-5)46-31)49-53(42,43)30-20-12-26(4)13-21-30/h6-21,31-35H,22H2,1-5H3/t31-,32+,33+,34+,35-/m1/s1. The Hall–Kier alpha value is -3.56. The minimum atomic E-state index is -4.86. The van der Waals surface area contributed by atoms with Crippen molar-refractivity contribution >= 4 is 40.5 Å². The van der Waals surface area contributed by atoms with Crippen molar-refractivity contribution in [3.05, 3.63) is 119 Å². The van der Waals surface area contributed by atoms with E-state index in [9.17, 15) is 33.7 Å². The fourth-order valence-corrected chi connectivity index (χ4v) is 9.37. The monoisotopic (exact) mass is 810 g/mol. The Labute approximate surface area is 310 Å². The molecule has 286 valence electrons. The number of ether oxygens (including phenoxy) is 2. The molecular formula is C35H38O14S4. The van der Waals surface area contributed by atoms with Gasteiger partial charge in [0.05, 0.1) is 26.2 Å². The zero-order valence-corrected chi connectivity index (χ0v) is 32.4. The Bertz CT molecular complexity index is 2330. The number of aryl methyl sites for hydroxylation is 4. The highest BCUT2D eigenvalue weighted by Gasteiger charge is 2.54. The Morgan fingerprint density at radius 3 is 1.09 bits per heavy atom. The summed E-state index contributed by atoms with van der Waals surface area (Å²) in [6.45, 7) is 5.94. The SMILES string of the molecule is CO[C@@H]1O[C@H](COS(=O)(=O)c2ccc(C)cc2)[C@H](OS(=O)(=O)c2ccc(C)cc2)[C@H](OS(=O)(=O)c2ccc(C)cc2)[C@@H]1OS(=O)(=O)c1ccc(C)cc1. The van der Waals surface area contributed by atoms with Gasteiger partial charge in [0.2, 0.25) is 0 Å². The second-order valence-electron chi connectivity index (χ2n) is 12.3. The van der Waals surface area contributed by atoms with E-state index in [1.54, 1.807) is 27.7 Å². The van der Waals surface area contributed by atoms with Crippen molar-refractivity contribution in [1.82, 2.24) is 0 Å². The summed E-state index contributed by atoms with van der Waals surface area (Å²) in [7, 11) is -17.9. The normalized spacial score (nSPS) is 21.3. The lowest BCUT2D eigenvalue weighted by atomic mass is 9.99. The summed E-state index contributed by atoms with van der Waals surface area (Å²) in [5, 5.41) is 0. The molecule has 1 aliphatic heterocycles. The average Bonchev–Trinajstić information content (AvgIpc) is 3.10. The first-order valence-corrected chi connectivity index (χ1v) is 21.6. The van der Waals surface area contributed by atoms with Crippen molar-refractivity contribution in [2.24, 2.45) is 0 Å². The van der Waals surface area contributed by atoms with Crippen LogP contribution in [0.4, 0.5) is 0 Å². The summed E-state index contributed by atoms with van der Waals surface area (Å²) in [5.74, 6) is 0. The van der Waals surface area contributed by atoms with E-state index >= 15 is 0 Å². The zero-order chi connectivity index (χ0) is 38.8. The van der Waals surface area contributed by atoms with Crippen LogP contribution in [-0.2, 0) is 66.7 Å². The summed E-state index contributed by atoms with van der Waals surface area (Å²) in [4.78, 5) is -1.32. The highest BCUT2D eigenvalue weighted by molar-refractivity contribution is 7.87. The van der Waals surface area contributed by atoms with Crippen molar-refractivity contribution in [2.75, 3.05) is 13.7 Å². The van der Waals surface area contributed by atoms with Crippen molar-refractivity contribution in [3.63, 3.8) is 0 Å². The Kier molecular flexibility index (Phi) is 12.3. The predicted octanol–water partition coefficient (Wildman–Crippen LogP) is 4.32. The maximum absolute atomic E-state index is 13.8. The molecule has 0 radical (unpaired) electrons. The van der Waals surface area contributed by atoms with Gasteiger partial charge in [0.15, 0.2) is 12.4 Å². The maximum Gasteiger partial charge on any atom is 0.297 e. The second-order valence-corrected chi connectivity index (χ2v) is 18.6. The third-order valence-corrected chi connectivity index (χ3v) is 13.4. The minimum absolute atomic E-state index is 0.243. The largest absolute Gasteiger partial charge is 0.353 e. The summed E-state index contributed by atoms with van der Waals surface area (Å²) in [5.41, 5.74) is 2.90. The Morgan fingerprint density at radius 2 is 0.755 bits per heavy atom. The molecule has 0 aliphatic carbocycles. The lowest BCUT2D eigenvalue weighted by molar-refractivity contribution is -0.277. The van der Waals surface area contributed by atoms with Crippen LogP contribution in [0.1, 0.15) is 22.3 Å². The highest BCUT2D eigenvalue weighted by Crippen LogP contribution is 2.35. The van der Waals surface area contributed by atoms with E-state index in [1.807, 2.05) is 0 Å². The van der Waals surface area contributed by atoms with Gasteiger partial charge in [-0.05, 0) is 76.2 Å². The van der Waals surface area contributed by atoms with E-state index in [0.717, 1.165) is 18.2 Å². The van der Waals surface area contributed by atoms with Crippen LogP contribution in [0.3, 0.4) is 0 Å². The average molecular weight is 811 g/mol. The third kappa shape index (κ3) is 9.76. The van der Waals surface area contributed by atoms with Gasteiger partial charge in [-0.2, -0.15) is 33.7 Å². The first kappa shape index (κ1) is 40.6. The Morgan fingerprint density at radius 1 is 0.453 bits per heavy atom. The molecule has 0 aromatic heterocycles. The quantitative estimate of drug-likeness (QED) is 0.164. The second kappa shape index (κ2) is 16.0. The summed E-state index contributed by atoms with van der Waals surface area (Å²) in [6, 6.07) is 22.0. The molecule has 5 atom stereocenters. The molecule has 14 nitrogen and oxygen atoms in total. The van der Waals surface area contributed by atoms with E-state index in [1.165, 1.54) is 97.1 Å². The zero-order valence-electron chi connectivity index (χ0n) is 29.2. The van der Waals surface area contributed by atoms with Crippen LogP contribution in [-0.4, -0.2) is 78.1 Å². The van der Waals surface area contributed by atoms with Crippen molar-refractivity contribution in [2.45, 2.75) is 78.0 Å². The lowest BCUT2D eigenvalue weighted by Gasteiger charge is -2.43. The molecule has 5 rings (SSSR count). The van der Waals surface area contributed by atoms with Crippen LogP contribution in [0.5, 0.6) is 0 Å². The molecule has 1 fully saturated rings. The van der Waals surface area contributed by atoms with Crippen LogP contribution in [0.15, 0.2) is 117 Å². The van der Waals surface area contributed by atoms with Crippen molar-refractivity contribution < 1.29 is 59.9 Å². The van der Waals surface area contributed by atoms with Gasteiger partial charge in [0.25, 0.3) is 40.5 Å². The van der Waals surface area contributed by atoms with Crippen LogP contribution in [0, 0.1) is 27.7 Å². The van der Waals surface area contributed by atoms with E-state index < -0.39 is 77.8 Å². The third-order valence-electron chi connectivity index (χ3n) is 8.16. The van der Waals surface area contributed by atoms with Gasteiger partial charge in [-0.25, -0.2) is 0 Å². The molecule has 53 heavy (non-hydrogen) atoms. The molecule has 18 heteroatoms. The van der Waals surface area contributed by atoms with Gasteiger partial charge >= 0.3 is 0 Å². The molecule has 0 spiro atoms. The Balaban J connectivity index is 1.63. The van der Waals surface area contributed by atoms with Crippen LogP contribution < -0.4 is 0 Å². The topological polar surface area (TPSA) is 192 Å². The van der Waals surface area contributed by atoms with Gasteiger partial charge in [-0.1, -0.05) is 70.8 Å². The van der Waals surface area contributed by atoms with Crippen LogP contribution in [0.2, 0.25) is 0 Å². The smallest absolute Gasteiger partial charge is 0.297 e. The van der Waals surface area contributed by atoms with Gasteiger partial charge in [0.1, 0.15) is 18.3 Å². The van der Waals surface area contributed by atoms with E-state index in [-0.39, 0.29) is 19.6 Å². The molecular weight excluding hydrogens is 773 g/mol. The first-order valence-electron chi connectivity index (χ1n) is 16.0. The summed E-state index contributed by atoms with van der Waals surface area (Å²) < 4.78 is 143. The predicted molar refractivity (Wildman–Crippen MR) is 190 cm³/mol. The van der Waals surface area contributed by atoms with Gasteiger partial charge < -0.3 is 9.47 Å². The highest BCUT2D eigenvalue weighted by atomic mass is 32.2. The molecule has 4 aromatic carbocycles. The summed E-state index contributed by atoms with van der Waals surface area (Å²) >= 11 is 0.